The molecule has 1 fully saturated rings. The Kier molecular flexibility index (Phi) is 4.97. The maximum Gasteiger partial charge on any atom is 0.165 e. The maximum atomic E-state index is 15.1. The Balaban J connectivity index is 1.60. The number of piperazine rings is 1. The van der Waals surface area contributed by atoms with E-state index in [0.717, 1.165) is 18.7 Å². The number of hydrogen-bond acceptors (Lipinski definition) is 6. The average molecular weight is 435 g/mol. The summed E-state index contributed by atoms with van der Waals surface area (Å²) in [5.74, 6) is -0.213. The number of benzene rings is 1. The molecule has 4 aromatic rings. The van der Waals surface area contributed by atoms with Gasteiger partial charge in [-0.1, -0.05) is 0 Å². The Morgan fingerprint density at radius 3 is 2.34 bits per heavy atom. The number of nitrogens with two attached hydrogens (primary N) is 1. The molecule has 0 spiro atoms. The van der Waals surface area contributed by atoms with Crippen LogP contribution in [0.15, 0.2) is 42.6 Å². The van der Waals surface area contributed by atoms with Gasteiger partial charge in [-0.05, 0) is 38.2 Å². The van der Waals surface area contributed by atoms with E-state index >= 15 is 8.78 Å². The van der Waals surface area contributed by atoms with E-state index in [4.69, 9.17) is 10.7 Å². The number of rotatable bonds is 3. The summed E-state index contributed by atoms with van der Waals surface area (Å²) in [4.78, 5) is 17.2. The molecule has 0 bridgehead atoms. The summed E-state index contributed by atoms with van der Waals surface area (Å²) in [6.45, 7) is 4.47. The van der Waals surface area contributed by atoms with Gasteiger partial charge < -0.3 is 15.5 Å². The largest absolute Gasteiger partial charge is 0.384 e. The third-order valence-corrected chi connectivity index (χ3v) is 5.83. The van der Waals surface area contributed by atoms with Crippen LogP contribution in [-0.4, -0.2) is 57.6 Å². The molecule has 0 radical (unpaired) electrons. The highest BCUT2D eigenvalue weighted by molar-refractivity contribution is 5.78. The monoisotopic (exact) mass is 435 g/mol. The van der Waals surface area contributed by atoms with Crippen molar-refractivity contribution in [2.45, 2.75) is 6.92 Å². The third kappa shape index (κ3) is 3.54. The van der Waals surface area contributed by atoms with Crippen molar-refractivity contribution in [1.82, 2.24) is 24.4 Å². The lowest BCUT2D eigenvalue weighted by molar-refractivity contribution is 0.310. The quantitative estimate of drug-likeness (QED) is 0.532. The number of pyridine rings is 2. The van der Waals surface area contributed by atoms with Gasteiger partial charge in [-0.2, -0.15) is 0 Å². The fourth-order valence-corrected chi connectivity index (χ4v) is 4.16. The first kappa shape index (κ1) is 20.3. The van der Waals surface area contributed by atoms with Crippen LogP contribution in [0.5, 0.6) is 0 Å². The van der Waals surface area contributed by atoms with Crippen molar-refractivity contribution in [2.24, 2.45) is 0 Å². The molecule has 0 amide bonds. The number of fused-ring (bicyclic) bond motifs is 1. The zero-order chi connectivity index (χ0) is 22.4. The first-order chi connectivity index (χ1) is 15.4. The van der Waals surface area contributed by atoms with Gasteiger partial charge in [0.1, 0.15) is 22.8 Å². The first-order valence-electron chi connectivity index (χ1n) is 10.4. The molecular weight excluding hydrogens is 412 g/mol. The van der Waals surface area contributed by atoms with Crippen LogP contribution in [0.4, 0.5) is 20.3 Å². The molecule has 2 N–H and O–H groups in total. The van der Waals surface area contributed by atoms with Crippen LogP contribution in [0.25, 0.3) is 28.1 Å². The molecule has 5 rings (SSSR count). The predicted octanol–water partition coefficient (Wildman–Crippen LogP) is 3.40. The molecule has 0 saturated carbocycles. The van der Waals surface area contributed by atoms with Gasteiger partial charge in [0.05, 0.1) is 11.4 Å². The summed E-state index contributed by atoms with van der Waals surface area (Å²) in [5.41, 5.74) is 8.79. The van der Waals surface area contributed by atoms with E-state index in [2.05, 4.69) is 14.9 Å². The minimum absolute atomic E-state index is 0.0184. The topological polar surface area (TPSA) is 76.1 Å². The molecule has 7 nitrogen and oxygen atoms in total. The van der Waals surface area contributed by atoms with Crippen molar-refractivity contribution in [3.05, 3.63) is 60.1 Å². The summed E-state index contributed by atoms with van der Waals surface area (Å²) >= 11 is 0. The molecule has 1 aliphatic rings. The lowest BCUT2D eigenvalue weighted by atomic mass is 10.1. The number of imidazole rings is 1. The van der Waals surface area contributed by atoms with Crippen LogP contribution >= 0.6 is 0 Å². The molecule has 1 saturated heterocycles. The smallest absolute Gasteiger partial charge is 0.165 e. The standard InChI is InChI=1S/C23H23F2N7/c1-14-28-20-4-3-19(15-5-6-27-21(26)11-15)29-23(20)32(14)16-12-17(24)22(18(25)13-16)31-9-7-30(2)8-10-31/h3-6,11-13H,7-10H2,1-2H3,(H2,26,27). The Labute approximate surface area is 184 Å². The zero-order valence-electron chi connectivity index (χ0n) is 17.9. The summed E-state index contributed by atoms with van der Waals surface area (Å²) in [7, 11) is 2.00. The van der Waals surface area contributed by atoms with E-state index in [-0.39, 0.29) is 5.69 Å². The van der Waals surface area contributed by atoms with Gasteiger partial charge in [-0.25, -0.2) is 23.7 Å². The van der Waals surface area contributed by atoms with Gasteiger partial charge in [-0.3, -0.25) is 4.57 Å². The summed E-state index contributed by atoms with van der Waals surface area (Å²) in [6, 6.07) is 9.91. The Bertz CT molecular complexity index is 1290. The lowest BCUT2D eigenvalue weighted by Crippen LogP contribution is -2.45. The molecule has 32 heavy (non-hydrogen) atoms. The minimum atomic E-state index is -0.594. The number of nitrogens with zero attached hydrogens (tertiary/aromatic N) is 6. The van der Waals surface area contributed by atoms with Crippen LogP contribution in [0.3, 0.4) is 0 Å². The first-order valence-corrected chi connectivity index (χ1v) is 10.4. The molecule has 0 atom stereocenters. The van der Waals surface area contributed by atoms with Gasteiger partial charge in [0.2, 0.25) is 0 Å². The predicted molar refractivity (Wildman–Crippen MR) is 121 cm³/mol. The fraction of sp³-hybridized carbons (Fsp3) is 0.261. The van der Waals surface area contributed by atoms with Gasteiger partial charge >= 0.3 is 0 Å². The van der Waals surface area contributed by atoms with Gasteiger partial charge in [0.15, 0.2) is 17.3 Å². The molecule has 0 unspecified atom stereocenters. The molecule has 0 aliphatic carbocycles. The van der Waals surface area contributed by atoms with Gasteiger partial charge in [0, 0.05) is 50.1 Å². The van der Waals surface area contributed by atoms with Crippen LogP contribution in [0, 0.1) is 18.6 Å². The molecule has 1 aliphatic heterocycles. The van der Waals surface area contributed by atoms with Crippen LogP contribution in [-0.2, 0) is 0 Å². The van der Waals surface area contributed by atoms with Crippen molar-refractivity contribution in [3.8, 4) is 16.9 Å². The second-order valence-electron chi connectivity index (χ2n) is 8.05. The number of nitrogen functional groups attached to an aromatic ring is 1. The van der Waals surface area contributed by atoms with E-state index in [0.29, 0.717) is 47.3 Å². The van der Waals surface area contributed by atoms with E-state index in [1.165, 1.54) is 12.1 Å². The summed E-state index contributed by atoms with van der Waals surface area (Å²) in [6.07, 6.45) is 1.61. The highest BCUT2D eigenvalue weighted by atomic mass is 19.1. The van der Waals surface area contributed by atoms with E-state index < -0.39 is 11.6 Å². The Morgan fingerprint density at radius 1 is 0.938 bits per heavy atom. The number of aromatic nitrogens is 4. The van der Waals surface area contributed by atoms with Crippen molar-refractivity contribution in [1.29, 1.82) is 0 Å². The number of likely N-dealkylation sites (N-methyl/N-ethyl adjacent to an activating group) is 1. The summed E-state index contributed by atoms with van der Waals surface area (Å²) in [5, 5.41) is 0. The summed E-state index contributed by atoms with van der Waals surface area (Å²) < 4.78 is 31.9. The third-order valence-electron chi connectivity index (χ3n) is 5.83. The molecule has 1 aromatic carbocycles. The molecule has 9 heteroatoms. The Morgan fingerprint density at radius 2 is 1.66 bits per heavy atom. The maximum absolute atomic E-state index is 15.1. The van der Waals surface area contributed by atoms with E-state index in [9.17, 15) is 0 Å². The Hall–Kier alpha value is -3.59. The SMILES string of the molecule is Cc1nc2ccc(-c3ccnc(N)c3)nc2n1-c1cc(F)c(N2CCN(C)CC2)c(F)c1. The number of hydrogen-bond donors (Lipinski definition) is 1. The second kappa shape index (κ2) is 7.83. The van der Waals surface area contributed by atoms with E-state index in [1.54, 1.807) is 28.7 Å². The van der Waals surface area contributed by atoms with Gasteiger partial charge in [0.25, 0.3) is 0 Å². The zero-order valence-corrected chi connectivity index (χ0v) is 17.9. The van der Waals surface area contributed by atoms with Crippen molar-refractivity contribution < 1.29 is 8.78 Å². The molecule has 4 heterocycles. The molecule has 164 valence electrons. The lowest BCUT2D eigenvalue weighted by Gasteiger charge is -2.34. The van der Waals surface area contributed by atoms with Crippen LogP contribution in [0.2, 0.25) is 0 Å². The number of anilines is 2. The van der Waals surface area contributed by atoms with Crippen molar-refractivity contribution in [2.75, 3.05) is 43.9 Å². The highest BCUT2D eigenvalue weighted by Gasteiger charge is 2.23. The van der Waals surface area contributed by atoms with E-state index in [1.807, 2.05) is 25.2 Å². The fourth-order valence-electron chi connectivity index (χ4n) is 4.16. The molecular formula is C23H23F2N7. The number of halogens is 2. The molecule has 3 aromatic heterocycles. The number of aryl methyl sites for hydroxylation is 1. The van der Waals surface area contributed by atoms with Crippen molar-refractivity contribution in [3.63, 3.8) is 0 Å². The average Bonchev–Trinajstić information content (AvgIpc) is 3.09. The van der Waals surface area contributed by atoms with Crippen LogP contribution in [0.1, 0.15) is 5.82 Å². The minimum Gasteiger partial charge on any atom is -0.384 e. The van der Waals surface area contributed by atoms with Crippen molar-refractivity contribution >= 4 is 22.7 Å². The van der Waals surface area contributed by atoms with Gasteiger partial charge in [-0.15, -0.1) is 0 Å². The van der Waals surface area contributed by atoms with Crippen LogP contribution < -0.4 is 10.6 Å². The highest BCUT2D eigenvalue weighted by Crippen LogP contribution is 2.30. The normalized spacial score (nSPS) is 14.9. The second-order valence-corrected chi connectivity index (χ2v) is 8.05.